The summed E-state index contributed by atoms with van der Waals surface area (Å²) in [7, 11) is 0. The zero-order chi connectivity index (χ0) is 21.8. The number of benzene rings is 2. The van der Waals surface area contributed by atoms with Crippen LogP contribution >= 0.6 is 11.3 Å². The lowest BCUT2D eigenvalue weighted by molar-refractivity contribution is -0.111. The zero-order valence-electron chi connectivity index (χ0n) is 16.0. The molecule has 3 N–H and O–H groups in total. The summed E-state index contributed by atoms with van der Waals surface area (Å²) in [5, 5.41) is 16.7. The molecule has 31 heavy (non-hydrogen) atoms. The minimum Gasteiger partial charge on any atom is -0.478 e. The third-order valence-electron chi connectivity index (χ3n) is 4.16. The average Bonchev–Trinajstić information content (AvgIpc) is 3.23. The number of carboxylic acid groups (broad SMARTS) is 1. The Labute approximate surface area is 180 Å². The Bertz CT molecular complexity index is 1280. The Kier molecular flexibility index (Phi) is 5.59. The van der Waals surface area contributed by atoms with E-state index < -0.39 is 5.97 Å². The van der Waals surface area contributed by atoms with E-state index in [2.05, 4.69) is 27.2 Å². The van der Waals surface area contributed by atoms with Crippen LogP contribution in [0.3, 0.4) is 0 Å². The van der Waals surface area contributed by atoms with E-state index in [1.54, 1.807) is 36.4 Å². The molecule has 1 amide bonds. The third-order valence-corrected chi connectivity index (χ3v) is 5.05. The SMILES string of the molecule is C=CC(=O)Nc1cccc(Oc2nc(Nc3ccc(C(=O)O)cc3)nc3ccsc23)c1. The minimum atomic E-state index is -0.996. The lowest BCUT2D eigenvalue weighted by Gasteiger charge is -2.10. The number of ether oxygens (including phenoxy) is 1. The molecule has 0 bridgehead atoms. The van der Waals surface area contributed by atoms with E-state index in [1.807, 2.05) is 11.4 Å². The van der Waals surface area contributed by atoms with Gasteiger partial charge in [0.25, 0.3) is 0 Å². The molecule has 8 nitrogen and oxygen atoms in total. The van der Waals surface area contributed by atoms with Gasteiger partial charge in [0.1, 0.15) is 10.4 Å². The van der Waals surface area contributed by atoms with Crippen molar-refractivity contribution in [3.8, 4) is 11.6 Å². The van der Waals surface area contributed by atoms with E-state index in [-0.39, 0.29) is 11.5 Å². The third kappa shape index (κ3) is 4.68. The number of thiophene rings is 1. The fourth-order valence-corrected chi connectivity index (χ4v) is 3.48. The number of nitrogens with zero attached hydrogens (tertiary/aromatic N) is 2. The molecule has 0 atom stereocenters. The largest absolute Gasteiger partial charge is 0.478 e. The van der Waals surface area contributed by atoms with Crippen molar-refractivity contribution in [3.63, 3.8) is 0 Å². The molecule has 0 aliphatic carbocycles. The van der Waals surface area contributed by atoms with Crippen molar-refractivity contribution in [2.24, 2.45) is 0 Å². The first-order chi connectivity index (χ1) is 15.0. The van der Waals surface area contributed by atoms with E-state index in [1.165, 1.54) is 29.5 Å². The number of rotatable bonds is 7. The van der Waals surface area contributed by atoms with Crippen molar-refractivity contribution in [1.82, 2.24) is 9.97 Å². The number of hydrogen-bond donors (Lipinski definition) is 3. The molecule has 9 heteroatoms. The monoisotopic (exact) mass is 432 g/mol. The zero-order valence-corrected chi connectivity index (χ0v) is 16.8. The summed E-state index contributed by atoms with van der Waals surface area (Å²) in [6.07, 6.45) is 1.19. The van der Waals surface area contributed by atoms with Crippen LogP contribution in [0.1, 0.15) is 10.4 Å². The normalized spacial score (nSPS) is 10.5. The van der Waals surface area contributed by atoms with Gasteiger partial charge in [-0.3, -0.25) is 4.79 Å². The Morgan fingerprint density at radius 1 is 1.06 bits per heavy atom. The average molecular weight is 432 g/mol. The summed E-state index contributed by atoms with van der Waals surface area (Å²) in [6, 6.07) is 15.0. The summed E-state index contributed by atoms with van der Waals surface area (Å²) in [6.45, 7) is 3.44. The highest BCUT2D eigenvalue weighted by molar-refractivity contribution is 7.17. The molecule has 2 aromatic carbocycles. The summed E-state index contributed by atoms with van der Waals surface area (Å²) in [4.78, 5) is 31.5. The number of aromatic carboxylic acids is 1. The van der Waals surface area contributed by atoms with Gasteiger partial charge in [-0.2, -0.15) is 4.98 Å². The van der Waals surface area contributed by atoms with Crippen LogP contribution in [0.2, 0.25) is 0 Å². The quantitative estimate of drug-likeness (QED) is 0.350. The van der Waals surface area contributed by atoms with Crippen molar-refractivity contribution >= 4 is 50.8 Å². The highest BCUT2D eigenvalue weighted by Gasteiger charge is 2.13. The number of aromatic nitrogens is 2. The molecular formula is C22H16N4O4S. The summed E-state index contributed by atoms with van der Waals surface area (Å²) in [5.41, 5.74) is 2.10. The van der Waals surface area contributed by atoms with Gasteiger partial charge >= 0.3 is 5.97 Å². The number of hydrogen-bond acceptors (Lipinski definition) is 7. The van der Waals surface area contributed by atoms with Gasteiger partial charge in [0, 0.05) is 17.4 Å². The van der Waals surface area contributed by atoms with Gasteiger partial charge in [-0.1, -0.05) is 12.6 Å². The first-order valence-electron chi connectivity index (χ1n) is 9.09. The molecular weight excluding hydrogens is 416 g/mol. The second-order valence-corrected chi connectivity index (χ2v) is 7.23. The molecule has 4 rings (SSSR count). The Morgan fingerprint density at radius 2 is 1.87 bits per heavy atom. The van der Waals surface area contributed by atoms with Gasteiger partial charge < -0.3 is 20.5 Å². The maximum Gasteiger partial charge on any atom is 0.335 e. The van der Waals surface area contributed by atoms with Gasteiger partial charge in [0.15, 0.2) is 0 Å². The van der Waals surface area contributed by atoms with E-state index in [4.69, 9.17) is 9.84 Å². The first-order valence-corrected chi connectivity index (χ1v) is 9.97. The topological polar surface area (TPSA) is 113 Å². The van der Waals surface area contributed by atoms with E-state index >= 15 is 0 Å². The first kappa shape index (κ1) is 20.0. The standard InChI is InChI=1S/C22H16N4O4S/c1-2-18(27)23-15-4-3-5-16(12-15)30-20-19-17(10-11-31-19)25-22(26-20)24-14-8-6-13(7-9-14)21(28)29/h2-12H,1H2,(H,23,27)(H,28,29)(H,24,25,26). The van der Waals surface area contributed by atoms with E-state index in [9.17, 15) is 9.59 Å². The highest BCUT2D eigenvalue weighted by Crippen LogP contribution is 2.33. The van der Waals surface area contributed by atoms with Gasteiger partial charge in [-0.25, -0.2) is 9.78 Å². The summed E-state index contributed by atoms with van der Waals surface area (Å²) >= 11 is 1.45. The van der Waals surface area contributed by atoms with Crippen LogP contribution in [0.5, 0.6) is 11.6 Å². The number of amides is 1. The van der Waals surface area contributed by atoms with Gasteiger partial charge in [-0.15, -0.1) is 11.3 Å². The van der Waals surface area contributed by atoms with Gasteiger partial charge in [-0.05, 0) is 53.9 Å². The summed E-state index contributed by atoms with van der Waals surface area (Å²) < 4.78 is 6.77. The Morgan fingerprint density at radius 3 is 2.61 bits per heavy atom. The number of anilines is 3. The summed E-state index contributed by atoms with van der Waals surface area (Å²) in [5.74, 6) is -0.158. The van der Waals surface area contributed by atoms with Crippen molar-refractivity contribution in [2.45, 2.75) is 0 Å². The molecule has 2 aromatic heterocycles. The smallest absolute Gasteiger partial charge is 0.335 e. The molecule has 0 aliphatic rings. The number of fused-ring (bicyclic) bond motifs is 1. The molecule has 0 unspecified atom stereocenters. The number of carbonyl (C=O) groups excluding carboxylic acids is 1. The fourth-order valence-electron chi connectivity index (χ4n) is 2.73. The van der Waals surface area contributed by atoms with Crippen LogP contribution in [0.25, 0.3) is 10.2 Å². The highest BCUT2D eigenvalue weighted by atomic mass is 32.1. The fraction of sp³-hybridized carbons (Fsp3) is 0. The molecule has 2 heterocycles. The van der Waals surface area contributed by atoms with Crippen LogP contribution in [0, 0.1) is 0 Å². The van der Waals surface area contributed by atoms with E-state index in [0.29, 0.717) is 34.5 Å². The van der Waals surface area contributed by atoms with Crippen LogP contribution < -0.4 is 15.4 Å². The molecule has 0 saturated heterocycles. The van der Waals surface area contributed by atoms with Crippen LogP contribution in [0.15, 0.2) is 72.6 Å². The Hall–Kier alpha value is -4.24. The van der Waals surface area contributed by atoms with Crippen molar-refractivity contribution in [3.05, 3.63) is 78.2 Å². The lowest BCUT2D eigenvalue weighted by atomic mass is 10.2. The number of nitrogens with one attached hydrogen (secondary N) is 2. The predicted molar refractivity (Wildman–Crippen MR) is 119 cm³/mol. The Balaban J connectivity index is 1.62. The maximum absolute atomic E-state index is 11.5. The molecule has 154 valence electrons. The van der Waals surface area contributed by atoms with Crippen molar-refractivity contribution < 1.29 is 19.4 Å². The van der Waals surface area contributed by atoms with Crippen LogP contribution in [0.4, 0.5) is 17.3 Å². The minimum absolute atomic E-state index is 0.187. The number of carboxylic acids is 1. The lowest BCUT2D eigenvalue weighted by Crippen LogP contribution is -2.07. The van der Waals surface area contributed by atoms with Gasteiger partial charge in [0.05, 0.1) is 11.1 Å². The van der Waals surface area contributed by atoms with Crippen molar-refractivity contribution in [2.75, 3.05) is 10.6 Å². The molecule has 4 aromatic rings. The van der Waals surface area contributed by atoms with Crippen LogP contribution in [-0.2, 0) is 4.79 Å². The maximum atomic E-state index is 11.5. The molecule has 0 aliphatic heterocycles. The molecule has 0 saturated carbocycles. The van der Waals surface area contributed by atoms with Crippen molar-refractivity contribution in [1.29, 1.82) is 0 Å². The van der Waals surface area contributed by atoms with E-state index in [0.717, 1.165) is 4.70 Å². The van der Waals surface area contributed by atoms with Gasteiger partial charge in [0.2, 0.25) is 17.7 Å². The molecule has 0 fully saturated rings. The second kappa shape index (κ2) is 8.64. The molecule has 0 spiro atoms. The van der Waals surface area contributed by atoms with Crippen LogP contribution in [-0.4, -0.2) is 27.0 Å². The molecule has 0 radical (unpaired) electrons. The predicted octanol–water partition coefficient (Wildman–Crippen LogP) is 5.05. The number of carbonyl (C=O) groups is 2. The second-order valence-electron chi connectivity index (χ2n) is 6.32.